The number of ether oxygens (including phenoxy) is 1. The maximum absolute atomic E-state index is 14.7. The zero-order chi connectivity index (χ0) is 22.3. The first kappa shape index (κ1) is 21.9. The minimum absolute atomic E-state index is 0.115. The average molecular weight is 440 g/mol. The third kappa shape index (κ3) is 5.46. The molecule has 2 aromatic heterocycles. The summed E-state index contributed by atoms with van der Waals surface area (Å²) in [6.07, 6.45) is 7.80. The molecule has 4 N–H and O–H groups in total. The Balaban J connectivity index is 1.63. The number of aromatic nitrogens is 4. The summed E-state index contributed by atoms with van der Waals surface area (Å²) in [5, 5.41) is 3.18. The van der Waals surface area contributed by atoms with Crippen LogP contribution in [0.2, 0.25) is 0 Å². The fourth-order valence-corrected chi connectivity index (χ4v) is 4.09. The number of benzene rings is 1. The van der Waals surface area contributed by atoms with Crippen LogP contribution in [0.5, 0.6) is 5.75 Å². The first-order valence-corrected chi connectivity index (χ1v) is 11.2. The minimum Gasteiger partial charge on any atom is -0.491 e. The van der Waals surface area contributed by atoms with Crippen molar-refractivity contribution in [2.75, 3.05) is 29.1 Å². The van der Waals surface area contributed by atoms with Crippen LogP contribution < -0.4 is 20.7 Å². The summed E-state index contributed by atoms with van der Waals surface area (Å²) in [4.78, 5) is 18.3. The Morgan fingerprint density at radius 2 is 2.03 bits per heavy atom. The third-order valence-electron chi connectivity index (χ3n) is 5.67. The van der Waals surface area contributed by atoms with Crippen molar-refractivity contribution < 1.29 is 9.13 Å². The van der Waals surface area contributed by atoms with E-state index in [1.54, 1.807) is 6.07 Å². The van der Waals surface area contributed by atoms with Gasteiger partial charge in [0.2, 0.25) is 17.8 Å². The van der Waals surface area contributed by atoms with Crippen LogP contribution in [-0.4, -0.2) is 33.1 Å². The molecule has 1 aromatic carbocycles. The first-order valence-electron chi connectivity index (χ1n) is 11.2. The number of nitrogen functional groups attached to an aromatic ring is 1. The molecule has 1 fully saturated rings. The number of nitrogens with one attached hydrogen (secondary N) is 2. The summed E-state index contributed by atoms with van der Waals surface area (Å²) in [6.45, 7) is 3.45. The van der Waals surface area contributed by atoms with Gasteiger partial charge in [-0.1, -0.05) is 19.3 Å². The lowest BCUT2D eigenvalue weighted by Crippen LogP contribution is -2.29. The number of hydrogen-bond acceptors (Lipinski definition) is 7. The second-order valence-corrected chi connectivity index (χ2v) is 8.03. The smallest absolute Gasteiger partial charge is 0.236 e. The molecule has 0 atom stereocenters. The Morgan fingerprint density at radius 3 is 2.75 bits per heavy atom. The number of nitrogens with zero attached hydrogens (tertiary/aromatic N) is 4. The maximum Gasteiger partial charge on any atom is 0.236 e. The molecule has 8 nitrogen and oxygen atoms in total. The highest BCUT2D eigenvalue weighted by Crippen LogP contribution is 2.32. The molecule has 0 amide bonds. The van der Waals surface area contributed by atoms with Gasteiger partial charge in [0.25, 0.3) is 0 Å². The van der Waals surface area contributed by atoms with Crippen LogP contribution in [-0.2, 0) is 6.54 Å². The molecule has 0 bridgehead atoms. The molecule has 0 spiro atoms. The predicted molar refractivity (Wildman–Crippen MR) is 124 cm³/mol. The summed E-state index contributed by atoms with van der Waals surface area (Å²) >= 11 is 0. The largest absolute Gasteiger partial charge is 0.491 e. The van der Waals surface area contributed by atoms with Gasteiger partial charge in [0, 0.05) is 30.2 Å². The van der Waals surface area contributed by atoms with Gasteiger partial charge in [-0.2, -0.15) is 15.0 Å². The normalized spacial score (nSPS) is 14.3. The Bertz CT molecular complexity index is 1010. The lowest BCUT2D eigenvalue weighted by molar-refractivity contribution is 0.321. The van der Waals surface area contributed by atoms with Gasteiger partial charge in [-0.15, -0.1) is 0 Å². The summed E-state index contributed by atoms with van der Waals surface area (Å²) in [5.41, 5.74) is 7.68. The molecule has 170 valence electrons. The second kappa shape index (κ2) is 10.3. The highest BCUT2D eigenvalue weighted by molar-refractivity contribution is 5.60. The van der Waals surface area contributed by atoms with E-state index in [1.807, 2.05) is 36.2 Å². The summed E-state index contributed by atoms with van der Waals surface area (Å²) in [5.74, 6) is 1.20. The molecule has 1 saturated carbocycles. The second-order valence-electron chi connectivity index (χ2n) is 8.03. The molecule has 0 unspecified atom stereocenters. The molecule has 3 aromatic rings. The molecule has 2 heterocycles. The number of hydrogen-bond donors (Lipinski definition) is 3. The van der Waals surface area contributed by atoms with E-state index in [4.69, 9.17) is 10.5 Å². The van der Waals surface area contributed by atoms with Crippen molar-refractivity contribution in [2.45, 2.75) is 45.6 Å². The Labute approximate surface area is 187 Å². The van der Waals surface area contributed by atoms with E-state index in [9.17, 15) is 4.39 Å². The van der Waals surface area contributed by atoms with Gasteiger partial charge in [-0.05, 0) is 49.9 Å². The van der Waals surface area contributed by atoms with Crippen molar-refractivity contribution in [1.82, 2.24) is 19.9 Å². The molecule has 4 rings (SSSR count). The van der Waals surface area contributed by atoms with Gasteiger partial charge < -0.3 is 25.7 Å². The van der Waals surface area contributed by atoms with Gasteiger partial charge in [-0.25, -0.2) is 4.39 Å². The number of aromatic amines is 1. The number of halogens is 1. The summed E-state index contributed by atoms with van der Waals surface area (Å²) in [7, 11) is 0. The standard InChI is InChI=1S/C23H30FN7O/c1-2-32-20-11-10-18(13-19(20)24)31(15-16-7-4-3-5-8-16)23-29-21(25)28-22(30-23)27-14-17-9-6-12-26-17/h6,9-13,16,26H,2-5,7-8,14-15H2,1H3,(H3,25,27,28,29,30). The third-order valence-corrected chi connectivity index (χ3v) is 5.67. The van der Waals surface area contributed by atoms with Crippen molar-refractivity contribution in [3.63, 3.8) is 0 Å². The molecule has 1 aliphatic rings. The van der Waals surface area contributed by atoms with E-state index in [0.29, 0.717) is 43.2 Å². The van der Waals surface area contributed by atoms with Gasteiger partial charge in [0.15, 0.2) is 11.6 Å². The zero-order valence-electron chi connectivity index (χ0n) is 18.4. The monoisotopic (exact) mass is 439 g/mol. The lowest BCUT2D eigenvalue weighted by Gasteiger charge is -2.30. The summed E-state index contributed by atoms with van der Waals surface area (Å²) in [6, 6.07) is 8.85. The van der Waals surface area contributed by atoms with Crippen LogP contribution in [0.1, 0.15) is 44.7 Å². The molecular weight excluding hydrogens is 409 g/mol. The Hall–Kier alpha value is -3.36. The van der Waals surface area contributed by atoms with Gasteiger partial charge >= 0.3 is 0 Å². The van der Waals surface area contributed by atoms with Crippen LogP contribution in [0.4, 0.5) is 27.9 Å². The maximum atomic E-state index is 14.7. The Kier molecular flexibility index (Phi) is 7.03. The highest BCUT2D eigenvalue weighted by atomic mass is 19.1. The van der Waals surface area contributed by atoms with Crippen molar-refractivity contribution >= 4 is 23.5 Å². The van der Waals surface area contributed by atoms with E-state index in [2.05, 4.69) is 25.3 Å². The fourth-order valence-electron chi connectivity index (χ4n) is 4.09. The van der Waals surface area contributed by atoms with E-state index in [-0.39, 0.29) is 11.7 Å². The molecular formula is C23H30FN7O. The van der Waals surface area contributed by atoms with Crippen molar-refractivity contribution in [3.8, 4) is 5.75 Å². The molecule has 32 heavy (non-hydrogen) atoms. The number of nitrogens with two attached hydrogens (primary N) is 1. The highest BCUT2D eigenvalue weighted by Gasteiger charge is 2.23. The van der Waals surface area contributed by atoms with E-state index in [1.165, 1.54) is 25.3 Å². The van der Waals surface area contributed by atoms with Crippen LogP contribution in [0.3, 0.4) is 0 Å². The lowest BCUT2D eigenvalue weighted by atomic mass is 9.89. The number of anilines is 4. The molecule has 1 aliphatic carbocycles. The molecule has 0 saturated heterocycles. The first-order chi connectivity index (χ1) is 15.6. The van der Waals surface area contributed by atoms with Crippen LogP contribution in [0.25, 0.3) is 0 Å². The topological polar surface area (TPSA) is 105 Å². The SMILES string of the molecule is CCOc1ccc(N(CC2CCCCC2)c2nc(N)nc(NCc3ccc[nH]3)n2)cc1F. The molecule has 0 aliphatic heterocycles. The van der Waals surface area contributed by atoms with E-state index >= 15 is 0 Å². The van der Waals surface area contributed by atoms with Crippen LogP contribution in [0.15, 0.2) is 36.5 Å². The van der Waals surface area contributed by atoms with Gasteiger partial charge in [-0.3, -0.25) is 0 Å². The summed E-state index contributed by atoms with van der Waals surface area (Å²) < 4.78 is 20.0. The zero-order valence-corrected chi connectivity index (χ0v) is 18.4. The van der Waals surface area contributed by atoms with Crippen LogP contribution >= 0.6 is 0 Å². The van der Waals surface area contributed by atoms with Crippen molar-refractivity contribution in [2.24, 2.45) is 5.92 Å². The van der Waals surface area contributed by atoms with Crippen LogP contribution in [0, 0.1) is 11.7 Å². The fraction of sp³-hybridized carbons (Fsp3) is 0.435. The quantitative estimate of drug-likeness (QED) is 0.446. The molecule has 0 radical (unpaired) electrons. The van der Waals surface area contributed by atoms with Gasteiger partial charge in [0.1, 0.15) is 0 Å². The molecule has 9 heteroatoms. The average Bonchev–Trinajstić information content (AvgIpc) is 3.32. The van der Waals surface area contributed by atoms with Gasteiger partial charge in [0.05, 0.1) is 13.2 Å². The van der Waals surface area contributed by atoms with E-state index < -0.39 is 5.82 Å². The Morgan fingerprint density at radius 1 is 1.19 bits per heavy atom. The number of rotatable bonds is 9. The minimum atomic E-state index is -0.412. The predicted octanol–water partition coefficient (Wildman–Crippen LogP) is 4.65. The van der Waals surface area contributed by atoms with E-state index in [0.717, 1.165) is 18.5 Å². The number of H-pyrrole nitrogens is 1. The van der Waals surface area contributed by atoms with Crippen molar-refractivity contribution in [1.29, 1.82) is 0 Å². The van der Waals surface area contributed by atoms with Crippen molar-refractivity contribution in [3.05, 3.63) is 48.0 Å².